The first kappa shape index (κ1) is 16.3. The average molecular weight is 361 g/mol. The van der Waals surface area contributed by atoms with E-state index in [1.807, 2.05) is 6.92 Å². The molecular formula is C17H15N9O. The number of aryl methyl sites for hydroxylation is 2. The van der Waals surface area contributed by atoms with Gasteiger partial charge >= 0.3 is 0 Å². The normalized spacial score (nSPS) is 10.6. The van der Waals surface area contributed by atoms with E-state index in [4.69, 9.17) is 5.73 Å². The summed E-state index contributed by atoms with van der Waals surface area (Å²) in [6, 6.07) is 3.49. The number of aromatic nitrogens is 7. The van der Waals surface area contributed by atoms with Gasteiger partial charge in [-0.25, -0.2) is 9.97 Å². The molecule has 0 radical (unpaired) electrons. The molecule has 0 fully saturated rings. The van der Waals surface area contributed by atoms with Crippen LogP contribution in [0.3, 0.4) is 0 Å². The third-order valence-corrected chi connectivity index (χ3v) is 3.82. The van der Waals surface area contributed by atoms with Crippen LogP contribution in [0.15, 0.2) is 24.7 Å². The summed E-state index contributed by atoms with van der Waals surface area (Å²) in [6.45, 7) is 1.84. The molecule has 0 atom stereocenters. The van der Waals surface area contributed by atoms with Crippen molar-refractivity contribution in [3.05, 3.63) is 47.3 Å². The van der Waals surface area contributed by atoms with Crippen LogP contribution in [0, 0.1) is 18.8 Å². The number of anilines is 2. The Bertz CT molecular complexity index is 1220. The van der Waals surface area contributed by atoms with Gasteiger partial charge in [-0.15, -0.1) is 0 Å². The van der Waals surface area contributed by atoms with Crippen LogP contribution in [-0.2, 0) is 7.05 Å². The van der Waals surface area contributed by atoms with Crippen LogP contribution in [0.25, 0.3) is 11.0 Å². The molecule has 4 aromatic rings. The van der Waals surface area contributed by atoms with E-state index in [1.165, 1.54) is 6.33 Å². The second-order valence-corrected chi connectivity index (χ2v) is 5.87. The fraction of sp³-hybridized carbons (Fsp3) is 0.118. The zero-order valence-electron chi connectivity index (χ0n) is 14.5. The van der Waals surface area contributed by atoms with Crippen molar-refractivity contribution in [2.24, 2.45) is 7.05 Å². The summed E-state index contributed by atoms with van der Waals surface area (Å²) in [5.74, 6) is 6.02. The molecule has 10 heteroatoms. The molecule has 0 unspecified atom stereocenters. The highest BCUT2D eigenvalue weighted by Crippen LogP contribution is 2.25. The maximum Gasteiger partial charge on any atom is 0.260 e. The summed E-state index contributed by atoms with van der Waals surface area (Å²) in [7, 11) is 1.80. The van der Waals surface area contributed by atoms with Crippen LogP contribution in [-0.4, -0.2) is 40.8 Å². The number of nitrogens with one attached hydrogen (secondary N) is 3. The van der Waals surface area contributed by atoms with Gasteiger partial charge in [0.1, 0.15) is 29.2 Å². The Morgan fingerprint density at radius 3 is 2.89 bits per heavy atom. The molecule has 10 nitrogen and oxygen atoms in total. The van der Waals surface area contributed by atoms with E-state index in [0.717, 1.165) is 5.69 Å². The highest BCUT2D eigenvalue weighted by Gasteiger charge is 2.21. The lowest BCUT2D eigenvalue weighted by atomic mass is 10.1. The van der Waals surface area contributed by atoms with Gasteiger partial charge in [0.2, 0.25) is 0 Å². The predicted molar refractivity (Wildman–Crippen MR) is 98.8 cm³/mol. The molecule has 27 heavy (non-hydrogen) atoms. The number of nitrogen functional groups attached to an aromatic ring is 1. The first-order valence-corrected chi connectivity index (χ1v) is 7.98. The molecule has 0 aliphatic rings. The lowest BCUT2D eigenvalue weighted by molar-refractivity contribution is 0.102. The standard InChI is InChI=1S/C17H15N9O/c1-9-7-12(24-23-9)22-17(27)13-11(4-3-10-5-6-26(2)25-10)21-16-14(13)15(18)19-8-20-16/h5-8H,1-2H3,(H3,18,19,20,21)(H2,22,23,24,27). The monoisotopic (exact) mass is 361 g/mol. The molecule has 4 aromatic heterocycles. The van der Waals surface area contributed by atoms with Crippen molar-refractivity contribution in [2.75, 3.05) is 11.1 Å². The van der Waals surface area contributed by atoms with E-state index in [-0.39, 0.29) is 11.4 Å². The number of amides is 1. The molecule has 0 saturated heterocycles. The number of aromatic amines is 2. The number of hydrogen-bond acceptors (Lipinski definition) is 6. The Morgan fingerprint density at radius 2 is 2.19 bits per heavy atom. The van der Waals surface area contributed by atoms with Crippen molar-refractivity contribution in [3.63, 3.8) is 0 Å². The van der Waals surface area contributed by atoms with Crippen LogP contribution < -0.4 is 11.1 Å². The minimum Gasteiger partial charge on any atom is -0.383 e. The maximum atomic E-state index is 12.9. The molecule has 0 bridgehead atoms. The van der Waals surface area contributed by atoms with E-state index in [1.54, 1.807) is 30.1 Å². The summed E-state index contributed by atoms with van der Waals surface area (Å²) >= 11 is 0. The molecule has 4 rings (SSSR count). The Morgan fingerprint density at radius 1 is 1.33 bits per heavy atom. The molecule has 1 amide bonds. The van der Waals surface area contributed by atoms with Gasteiger partial charge in [0.15, 0.2) is 5.82 Å². The largest absolute Gasteiger partial charge is 0.383 e. The Kier molecular flexibility index (Phi) is 3.82. The van der Waals surface area contributed by atoms with Crippen molar-refractivity contribution in [1.82, 2.24) is 34.9 Å². The molecule has 0 spiro atoms. The first-order chi connectivity index (χ1) is 13.0. The highest BCUT2D eigenvalue weighted by atomic mass is 16.1. The van der Waals surface area contributed by atoms with Crippen LogP contribution in [0.2, 0.25) is 0 Å². The van der Waals surface area contributed by atoms with E-state index in [2.05, 4.69) is 47.4 Å². The van der Waals surface area contributed by atoms with Crippen LogP contribution in [0.4, 0.5) is 11.6 Å². The van der Waals surface area contributed by atoms with Gasteiger partial charge in [0.25, 0.3) is 5.91 Å². The third-order valence-electron chi connectivity index (χ3n) is 3.82. The summed E-state index contributed by atoms with van der Waals surface area (Å²) in [5.41, 5.74) is 8.43. The summed E-state index contributed by atoms with van der Waals surface area (Å²) in [5, 5.41) is 14.1. The quantitative estimate of drug-likeness (QED) is 0.392. The van der Waals surface area contributed by atoms with E-state index < -0.39 is 5.91 Å². The minimum absolute atomic E-state index is 0.186. The summed E-state index contributed by atoms with van der Waals surface area (Å²) in [4.78, 5) is 24.0. The topological polar surface area (TPSA) is 143 Å². The van der Waals surface area contributed by atoms with Gasteiger partial charge in [-0.2, -0.15) is 10.2 Å². The molecule has 134 valence electrons. The van der Waals surface area contributed by atoms with Gasteiger partial charge in [-0.05, 0) is 24.8 Å². The molecule has 0 saturated carbocycles. The Balaban J connectivity index is 1.81. The first-order valence-electron chi connectivity index (χ1n) is 7.98. The smallest absolute Gasteiger partial charge is 0.260 e. The molecular weight excluding hydrogens is 346 g/mol. The average Bonchev–Trinajstić information content (AvgIpc) is 3.32. The van der Waals surface area contributed by atoms with E-state index in [0.29, 0.717) is 28.2 Å². The van der Waals surface area contributed by atoms with Gasteiger partial charge in [0.05, 0.1) is 10.9 Å². The molecule has 5 N–H and O–H groups in total. The second kappa shape index (κ2) is 6.30. The summed E-state index contributed by atoms with van der Waals surface area (Å²) in [6.07, 6.45) is 3.11. The fourth-order valence-electron chi connectivity index (χ4n) is 2.64. The number of fused-ring (bicyclic) bond motifs is 1. The minimum atomic E-state index is -0.417. The molecule has 0 aromatic carbocycles. The van der Waals surface area contributed by atoms with Gasteiger partial charge in [0, 0.05) is 25.0 Å². The number of H-pyrrole nitrogens is 2. The Hall–Kier alpha value is -4.13. The van der Waals surface area contributed by atoms with E-state index >= 15 is 0 Å². The molecule has 4 heterocycles. The zero-order valence-corrected chi connectivity index (χ0v) is 14.5. The van der Waals surface area contributed by atoms with Crippen molar-refractivity contribution < 1.29 is 4.79 Å². The van der Waals surface area contributed by atoms with Crippen molar-refractivity contribution >= 4 is 28.6 Å². The van der Waals surface area contributed by atoms with Crippen molar-refractivity contribution in [3.8, 4) is 11.8 Å². The van der Waals surface area contributed by atoms with Gasteiger partial charge in [-0.3, -0.25) is 14.6 Å². The maximum absolute atomic E-state index is 12.9. The number of nitrogens with zero attached hydrogens (tertiary/aromatic N) is 5. The lowest BCUT2D eigenvalue weighted by Gasteiger charge is -2.02. The van der Waals surface area contributed by atoms with Crippen molar-refractivity contribution in [1.29, 1.82) is 0 Å². The van der Waals surface area contributed by atoms with E-state index in [9.17, 15) is 4.79 Å². The number of nitrogens with two attached hydrogens (primary N) is 1. The number of carbonyl (C=O) groups is 1. The summed E-state index contributed by atoms with van der Waals surface area (Å²) < 4.78 is 1.65. The van der Waals surface area contributed by atoms with Gasteiger partial charge in [-0.1, -0.05) is 0 Å². The molecule has 0 aliphatic carbocycles. The predicted octanol–water partition coefficient (Wildman–Crippen LogP) is 0.957. The lowest BCUT2D eigenvalue weighted by Crippen LogP contribution is -2.14. The van der Waals surface area contributed by atoms with Crippen LogP contribution >= 0.6 is 0 Å². The number of carbonyl (C=O) groups excluding carboxylic acids is 1. The number of rotatable bonds is 2. The third kappa shape index (κ3) is 3.09. The second-order valence-electron chi connectivity index (χ2n) is 5.87. The van der Waals surface area contributed by atoms with Crippen LogP contribution in [0.5, 0.6) is 0 Å². The van der Waals surface area contributed by atoms with Crippen LogP contribution in [0.1, 0.15) is 27.4 Å². The zero-order chi connectivity index (χ0) is 19.0. The van der Waals surface area contributed by atoms with Crippen molar-refractivity contribution in [2.45, 2.75) is 6.92 Å². The molecule has 0 aliphatic heterocycles. The Labute approximate surface area is 153 Å². The fourth-order valence-corrected chi connectivity index (χ4v) is 2.64. The van der Waals surface area contributed by atoms with Gasteiger partial charge < -0.3 is 16.0 Å². The highest BCUT2D eigenvalue weighted by molar-refractivity contribution is 6.16. The SMILES string of the molecule is Cc1cc(NC(=O)c2c(C#Cc3ccn(C)n3)[nH]c3ncnc(N)c23)n[nH]1. The number of hydrogen-bond donors (Lipinski definition) is 4.